The maximum atomic E-state index is 12.3. The summed E-state index contributed by atoms with van der Waals surface area (Å²) in [6, 6.07) is 20.2. The van der Waals surface area contributed by atoms with E-state index in [0.29, 0.717) is 19.4 Å². The number of anilines is 1. The van der Waals surface area contributed by atoms with E-state index in [4.69, 9.17) is 4.98 Å². The zero-order valence-corrected chi connectivity index (χ0v) is 15.6. The summed E-state index contributed by atoms with van der Waals surface area (Å²) in [7, 11) is 0. The molecular formula is C23H24N2O2. The van der Waals surface area contributed by atoms with Gasteiger partial charge in [0.25, 0.3) is 0 Å². The first-order valence-electron chi connectivity index (χ1n) is 9.46. The lowest BCUT2D eigenvalue weighted by Crippen LogP contribution is -2.49. The number of aromatic nitrogens is 1. The lowest BCUT2D eigenvalue weighted by molar-refractivity contribution is -0.149. The van der Waals surface area contributed by atoms with E-state index >= 15 is 0 Å². The minimum absolute atomic E-state index is 0.488. The van der Waals surface area contributed by atoms with Crippen molar-refractivity contribution in [3.63, 3.8) is 0 Å². The highest BCUT2D eigenvalue weighted by molar-refractivity contribution is 5.81. The number of piperidine rings is 1. The first-order valence-corrected chi connectivity index (χ1v) is 9.46. The molecule has 1 aromatic heterocycles. The Labute approximate surface area is 159 Å². The molecule has 1 aliphatic heterocycles. The van der Waals surface area contributed by atoms with Gasteiger partial charge >= 0.3 is 5.97 Å². The molecule has 138 valence electrons. The first kappa shape index (κ1) is 17.5. The molecule has 1 aliphatic rings. The normalized spacial score (nSPS) is 20.0. The van der Waals surface area contributed by atoms with Crippen molar-refractivity contribution in [2.75, 3.05) is 18.0 Å². The van der Waals surface area contributed by atoms with Crippen molar-refractivity contribution in [1.82, 2.24) is 4.98 Å². The summed E-state index contributed by atoms with van der Waals surface area (Å²) in [4.78, 5) is 19.3. The van der Waals surface area contributed by atoms with E-state index in [1.54, 1.807) is 0 Å². The second-order valence-corrected chi connectivity index (χ2v) is 7.58. The van der Waals surface area contributed by atoms with E-state index in [1.165, 1.54) is 0 Å². The van der Waals surface area contributed by atoms with Crippen molar-refractivity contribution < 1.29 is 9.90 Å². The zero-order valence-electron chi connectivity index (χ0n) is 15.6. The number of pyridine rings is 1. The van der Waals surface area contributed by atoms with Crippen LogP contribution in [-0.4, -0.2) is 29.1 Å². The van der Waals surface area contributed by atoms with Crippen LogP contribution in [0, 0.1) is 12.3 Å². The molecule has 2 heterocycles. The number of carbonyl (C=O) groups is 1. The molecule has 4 heteroatoms. The SMILES string of the molecule is Cc1ccccc1CC1(C(=O)O)CCCN(c2ccc3ccccc3n2)C1. The number of hydrogen-bond acceptors (Lipinski definition) is 3. The molecule has 1 atom stereocenters. The van der Waals surface area contributed by atoms with Crippen molar-refractivity contribution in [1.29, 1.82) is 0 Å². The Hall–Kier alpha value is -2.88. The van der Waals surface area contributed by atoms with Crippen LogP contribution in [0.15, 0.2) is 60.7 Å². The van der Waals surface area contributed by atoms with Crippen LogP contribution in [0.4, 0.5) is 5.82 Å². The average Bonchev–Trinajstić information content (AvgIpc) is 2.69. The molecule has 1 unspecified atom stereocenters. The summed E-state index contributed by atoms with van der Waals surface area (Å²) >= 11 is 0. The molecule has 3 aromatic rings. The second-order valence-electron chi connectivity index (χ2n) is 7.58. The molecule has 4 nitrogen and oxygen atoms in total. The van der Waals surface area contributed by atoms with Gasteiger partial charge in [0.15, 0.2) is 0 Å². The quantitative estimate of drug-likeness (QED) is 0.746. The molecule has 1 fully saturated rings. The van der Waals surface area contributed by atoms with Crippen molar-refractivity contribution in [3.05, 3.63) is 71.8 Å². The topological polar surface area (TPSA) is 53.4 Å². The van der Waals surface area contributed by atoms with Gasteiger partial charge in [-0.1, -0.05) is 42.5 Å². The molecule has 0 bridgehead atoms. The van der Waals surface area contributed by atoms with Crippen molar-refractivity contribution in [2.24, 2.45) is 5.41 Å². The lowest BCUT2D eigenvalue weighted by atomic mass is 9.74. The number of aliphatic carboxylic acids is 1. The molecule has 0 amide bonds. The highest BCUT2D eigenvalue weighted by atomic mass is 16.4. The van der Waals surface area contributed by atoms with E-state index in [2.05, 4.69) is 24.0 Å². The number of benzene rings is 2. The Morgan fingerprint density at radius 1 is 1.11 bits per heavy atom. The van der Waals surface area contributed by atoms with Crippen LogP contribution in [0.3, 0.4) is 0 Å². The Kier molecular flexibility index (Phi) is 4.56. The Balaban J connectivity index is 1.65. The Morgan fingerprint density at radius 3 is 2.70 bits per heavy atom. The van der Waals surface area contributed by atoms with Gasteiger partial charge in [-0.3, -0.25) is 4.79 Å². The predicted octanol–water partition coefficient (Wildman–Crippen LogP) is 4.46. The number of hydrogen-bond donors (Lipinski definition) is 1. The summed E-state index contributed by atoms with van der Waals surface area (Å²) in [5.74, 6) is 0.153. The van der Waals surface area contributed by atoms with Crippen LogP contribution in [-0.2, 0) is 11.2 Å². The van der Waals surface area contributed by atoms with E-state index in [9.17, 15) is 9.90 Å². The number of fused-ring (bicyclic) bond motifs is 1. The van der Waals surface area contributed by atoms with Gasteiger partial charge in [-0.15, -0.1) is 0 Å². The van der Waals surface area contributed by atoms with Crippen molar-refractivity contribution in [3.8, 4) is 0 Å². The maximum absolute atomic E-state index is 12.3. The van der Waals surface area contributed by atoms with Gasteiger partial charge in [0.2, 0.25) is 0 Å². The first-order chi connectivity index (χ1) is 13.1. The molecule has 1 N–H and O–H groups in total. The zero-order chi connectivity index (χ0) is 18.9. The average molecular weight is 360 g/mol. The van der Waals surface area contributed by atoms with Gasteiger partial charge in [0, 0.05) is 18.5 Å². The van der Waals surface area contributed by atoms with Crippen molar-refractivity contribution in [2.45, 2.75) is 26.2 Å². The highest BCUT2D eigenvalue weighted by Crippen LogP contribution is 2.36. The maximum Gasteiger partial charge on any atom is 0.311 e. The minimum atomic E-state index is -0.780. The highest BCUT2D eigenvalue weighted by Gasteiger charge is 2.43. The third kappa shape index (κ3) is 3.39. The Morgan fingerprint density at radius 2 is 1.89 bits per heavy atom. The summed E-state index contributed by atoms with van der Waals surface area (Å²) in [6.45, 7) is 3.38. The van der Waals surface area contributed by atoms with Crippen LogP contribution in [0.2, 0.25) is 0 Å². The minimum Gasteiger partial charge on any atom is -0.481 e. The van der Waals surface area contributed by atoms with Gasteiger partial charge < -0.3 is 10.0 Å². The van der Waals surface area contributed by atoms with E-state index in [0.717, 1.165) is 40.8 Å². The van der Waals surface area contributed by atoms with Crippen LogP contribution >= 0.6 is 0 Å². The largest absolute Gasteiger partial charge is 0.481 e. The van der Waals surface area contributed by atoms with Gasteiger partial charge in [-0.25, -0.2) is 4.98 Å². The lowest BCUT2D eigenvalue weighted by Gasteiger charge is -2.41. The number of rotatable bonds is 4. The number of carboxylic acids is 1. The van der Waals surface area contributed by atoms with Crippen LogP contribution in [0.1, 0.15) is 24.0 Å². The van der Waals surface area contributed by atoms with Gasteiger partial charge in [0.05, 0.1) is 10.9 Å². The van der Waals surface area contributed by atoms with E-state index < -0.39 is 11.4 Å². The molecule has 0 radical (unpaired) electrons. The number of carboxylic acid groups (broad SMARTS) is 1. The van der Waals surface area contributed by atoms with Gasteiger partial charge in [0.1, 0.15) is 5.82 Å². The van der Waals surface area contributed by atoms with Crippen LogP contribution in [0.25, 0.3) is 10.9 Å². The molecule has 4 rings (SSSR count). The predicted molar refractivity (Wildman–Crippen MR) is 108 cm³/mol. The van der Waals surface area contributed by atoms with Crippen molar-refractivity contribution >= 4 is 22.7 Å². The number of nitrogens with zero attached hydrogens (tertiary/aromatic N) is 2. The second kappa shape index (κ2) is 7.03. The third-order valence-corrected chi connectivity index (χ3v) is 5.73. The van der Waals surface area contributed by atoms with Crippen LogP contribution in [0.5, 0.6) is 0 Å². The number of aryl methyl sites for hydroxylation is 1. The summed E-state index contributed by atoms with van der Waals surface area (Å²) in [5, 5.41) is 11.2. The molecular weight excluding hydrogens is 336 g/mol. The van der Waals surface area contributed by atoms with Gasteiger partial charge in [-0.05, 0) is 55.5 Å². The van der Waals surface area contributed by atoms with Crippen LogP contribution < -0.4 is 4.90 Å². The summed E-state index contributed by atoms with van der Waals surface area (Å²) in [5.41, 5.74) is 2.44. The molecule has 1 saturated heterocycles. The third-order valence-electron chi connectivity index (χ3n) is 5.73. The van der Waals surface area contributed by atoms with Gasteiger partial charge in [-0.2, -0.15) is 0 Å². The molecule has 0 saturated carbocycles. The molecule has 0 spiro atoms. The standard InChI is InChI=1S/C23H24N2O2/c1-17-7-2-3-9-19(17)15-23(22(26)27)13-6-14-25(16-23)21-12-11-18-8-4-5-10-20(18)24-21/h2-5,7-12H,6,13-16H2,1H3,(H,26,27). The number of para-hydroxylation sites is 1. The fraction of sp³-hybridized carbons (Fsp3) is 0.304. The Bertz CT molecular complexity index is 985. The monoisotopic (exact) mass is 360 g/mol. The van der Waals surface area contributed by atoms with E-state index in [-0.39, 0.29) is 0 Å². The summed E-state index contributed by atoms with van der Waals surface area (Å²) in [6.07, 6.45) is 2.10. The fourth-order valence-corrected chi connectivity index (χ4v) is 4.13. The fourth-order valence-electron chi connectivity index (χ4n) is 4.13. The smallest absolute Gasteiger partial charge is 0.311 e. The molecule has 0 aliphatic carbocycles. The molecule has 27 heavy (non-hydrogen) atoms. The summed E-state index contributed by atoms with van der Waals surface area (Å²) < 4.78 is 0. The van der Waals surface area contributed by atoms with E-state index in [1.807, 2.05) is 48.5 Å². The molecule has 2 aromatic carbocycles.